The zero-order chi connectivity index (χ0) is 16.1. The van der Waals surface area contributed by atoms with Crippen LogP contribution in [0.15, 0.2) is 22.7 Å². The van der Waals surface area contributed by atoms with Gasteiger partial charge in [-0.3, -0.25) is 9.59 Å². The molecule has 1 atom stereocenters. The molecule has 1 aliphatic rings. The van der Waals surface area contributed by atoms with Crippen molar-refractivity contribution in [2.24, 2.45) is 11.8 Å². The Morgan fingerprint density at radius 3 is 2.68 bits per heavy atom. The van der Waals surface area contributed by atoms with E-state index in [1.165, 1.54) is 0 Å². The van der Waals surface area contributed by atoms with Crippen molar-refractivity contribution >= 4 is 39.4 Å². The molecular formula is C15H17BrClNO4. The molecular weight excluding hydrogens is 374 g/mol. The van der Waals surface area contributed by atoms with E-state index in [0.29, 0.717) is 36.6 Å². The first-order valence-corrected chi connectivity index (χ1v) is 8.20. The quantitative estimate of drug-likeness (QED) is 0.810. The Morgan fingerprint density at radius 1 is 1.41 bits per heavy atom. The molecule has 1 aliphatic heterocycles. The van der Waals surface area contributed by atoms with E-state index in [1.807, 2.05) is 0 Å². The van der Waals surface area contributed by atoms with E-state index in [0.717, 1.165) is 4.47 Å². The second-order valence-corrected chi connectivity index (χ2v) is 6.55. The molecule has 1 amide bonds. The van der Waals surface area contributed by atoms with Gasteiger partial charge in [0.1, 0.15) is 0 Å². The van der Waals surface area contributed by atoms with Crippen molar-refractivity contribution in [3.8, 4) is 0 Å². The number of aliphatic carboxylic acids is 1. The van der Waals surface area contributed by atoms with Crippen LogP contribution in [0.2, 0.25) is 5.02 Å². The van der Waals surface area contributed by atoms with Gasteiger partial charge in [0.15, 0.2) is 0 Å². The lowest BCUT2D eigenvalue weighted by atomic mass is 9.86. The summed E-state index contributed by atoms with van der Waals surface area (Å²) in [6, 6.07) is 4.95. The molecule has 7 heteroatoms. The van der Waals surface area contributed by atoms with E-state index in [-0.39, 0.29) is 18.4 Å². The number of rotatable bonds is 5. The van der Waals surface area contributed by atoms with Gasteiger partial charge in [0.05, 0.1) is 16.5 Å². The molecule has 0 spiro atoms. The van der Waals surface area contributed by atoms with E-state index >= 15 is 0 Å². The number of carboxylic acids is 1. The van der Waals surface area contributed by atoms with Crippen LogP contribution in [0.4, 0.5) is 0 Å². The normalized spacial score (nSPS) is 17.0. The van der Waals surface area contributed by atoms with Crippen molar-refractivity contribution in [2.75, 3.05) is 19.8 Å². The van der Waals surface area contributed by atoms with Gasteiger partial charge in [0, 0.05) is 24.2 Å². The van der Waals surface area contributed by atoms with Gasteiger partial charge in [-0.1, -0.05) is 27.5 Å². The highest BCUT2D eigenvalue weighted by Crippen LogP contribution is 2.25. The van der Waals surface area contributed by atoms with Gasteiger partial charge in [0.25, 0.3) is 5.91 Å². The van der Waals surface area contributed by atoms with E-state index in [2.05, 4.69) is 21.2 Å². The topological polar surface area (TPSA) is 75.6 Å². The third-order valence-corrected chi connectivity index (χ3v) is 4.62. The fraction of sp³-hybridized carbons (Fsp3) is 0.467. The van der Waals surface area contributed by atoms with Gasteiger partial charge in [0.2, 0.25) is 0 Å². The predicted molar refractivity (Wildman–Crippen MR) is 86.2 cm³/mol. The number of hydrogen-bond donors (Lipinski definition) is 2. The maximum Gasteiger partial charge on any atom is 0.308 e. The second kappa shape index (κ2) is 7.94. The molecule has 2 rings (SSSR count). The summed E-state index contributed by atoms with van der Waals surface area (Å²) in [6.07, 6.45) is 1.40. The third-order valence-electron chi connectivity index (χ3n) is 3.81. The minimum absolute atomic E-state index is 0.0203. The zero-order valence-corrected chi connectivity index (χ0v) is 14.2. The molecule has 0 bridgehead atoms. The third kappa shape index (κ3) is 4.44. The molecule has 1 fully saturated rings. The van der Waals surface area contributed by atoms with Crippen LogP contribution in [0, 0.1) is 11.8 Å². The highest BCUT2D eigenvalue weighted by atomic mass is 79.9. The Kier molecular flexibility index (Phi) is 6.23. The molecule has 1 heterocycles. The number of carboxylic acid groups (broad SMARTS) is 1. The summed E-state index contributed by atoms with van der Waals surface area (Å²) in [5, 5.41) is 12.4. The summed E-state index contributed by atoms with van der Waals surface area (Å²) in [5.74, 6) is -1.85. The Balaban J connectivity index is 1.99. The Morgan fingerprint density at radius 2 is 2.09 bits per heavy atom. The average Bonchev–Trinajstić information content (AvgIpc) is 2.48. The molecule has 120 valence electrons. The Bertz CT molecular complexity index is 560. The first-order valence-electron chi connectivity index (χ1n) is 7.03. The molecule has 0 aromatic heterocycles. The van der Waals surface area contributed by atoms with E-state index < -0.39 is 11.9 Å². The molecule has 22 heavy (non-hydrogen) atoms. The summed E-state index contributed by atoms with van der Waals surface area (Å²) in [5.41, 5.74) is 0.334. The fourth-order valence-corrected chi connectivity index (χ4v) is 3.30. The van der Waals surface area contributed by atoms with Crippen molar-refractivity contribution in [2.45, 2.75) is 12.8 Å². The molecule has 0 saturated carbocycles. The van der Waals surface area contributed by atoms with Crippen LogP contribution < -0.4 is 5.32 Å². The summed E-state index contributed by atoms with van der Waals surface area (Å²) < 4.78 is 6.03. The van der Waals surface area contributed by atoms with E-state index in [9.17, 15) is 14.7 Å². The SMILES string of the molecule is O=C(NCC(C(=O)O)C1CCOCC1)c1ccc(Br)cc1Cl. The number of ether oxygens (including phenoxy) is 1. The van der Waals surface area contributed by atoms with Gasteiger partial charge < -0.3 is 15.2 Å². The predicted octanol–water partition coefficient (Wildman–Crippen LogP) is 2.96. The minimum atomic E-state index is -0.894. The lowest BCUT2D eigenvalue weighted by Crippen LogP contribution is -2.39. The lowest BCUT2D eigenvalue weighted by Gasteiger charge is -2.27. The molecule has 1 aromatic carbocycles. The smallest absolute Gasteiger partial charge is 0.308 e. The second-order valence-electron chi connectivity index (χ2n) is 5.23. The Hall–Kier alpha value is -1.11. The van der Waals surface area contributed by atoms with Gasteiger partial charge in [-0.25, -0.2) is 0 Å². The molecule has 1 aromatic rings. The molecule has 1 unspecified atom stereocenters. The van der Waals surface area contributed by atoms with Crippen LogP contribution >= 0.6 is 27.5 Å². The van der Waals surface area contributed by atoms with E-state index in [1.54, 1.807) is 18.2 Å². The number of hydrogen-bond acceptors (Lipinski definition) is 3. The summed E-state index contributed by atoms with van der Waals surface area (Å²) in [7, 11) is 0. The fourth-order valence-electron chi connectivity index (χ4n) is 2.55. The summed E-state index contributed by atoms with van der Waals surface area (Å²) in [4.78, 5) is 23.6. The number of benzene rings is 1. The number of halogens is 2. The number of carbonyl (C=O) groups excluding carboxylic acids is 1. The maximum absolute atomic E-state index is 12.2. The van der Waals surface area contributed by atoms with Crippen LogP contribution in [-0.4, -0.2) is 36.7 Å². The summed E-state index contributed by atoms with van der Waals surface area (Å²) in [6.45, 7) is 1.23. The molecule has 0 aliphatic carbocycles. The van der Waals surface area contributed by atoms with Gasteiger partial charge in [-0.2, -0.15) is 0 Å². The number of nitrogens with one attached hydrogen (secondary N) is 1. The van der Waals surface area contributed by atoms with Gasteiger partial charge >= 0.3 is 5.97 Å². The number of amides is 1. The van der Waals surface area contributed by atoms with E-state index in [4.69, 9.17) is 16.3 Å². The van der Waals surface area contributed by atoms with Crippen molar-refractivity contribution in [1.82, 2.24) is 5.32 Å². The van der Waals surface area contributed by atoms with Crippen LogP contribution in [0.1, 0.15) is 23.2 Å². The monoisotopic (exact) mass is 389 g/mol. The highest BCUT2D eigenvalue weighted by molar-refractivity contribution is 9.10. The van der Waals surface area contributed by atoms with Crippen LogP contribution in [-0.2, 0) is 9.53 Å². The summed E-state index contributed by atoms with van der Waals surface area (Å²) >= 11 is 9.30. The minimum Gasteiger partial charge on any atom is -0.481 e. The van der Waals surface area contributed by atoms with Gasteiger partial charge in [-0.05, 0) is 37.0 Å². The van der Waals surface area contributed by atoms with Crippen molar-refractivity contribution in [1.29, 1.82) is 0 Å². The van der Waals surface area contributed by atoms with Crippen LogP contribution in [0.5, 0.6) is 0 Å². The van der Waals surface area contributed by atoms with Crippen molar-refractivity contribution in [3.63, 3.8) is 0 Å². The standard InChI is InChI=1S/C15H17BrClNO4/c16-10-1-2-11(13(17)7-10)14(19)18-8-12(15(20)21)9-3-5-22-6-4-9/h1-2,7,9,12H,3-6,8H2,(H,18,19)(H,20,21). The molecule has 2 N–H and O–H groups in total. The van der Waals surface area contributed by atoms with Crippen LogP contribution in [0.3, 0.4) is 0 Å². The molecule has 5 nitrogen and oxygen atoms in total. The highest BCUT2D eigenvalue weighted by Gasteiger charge is 2.30. The molecule has 1 saturated heterocycles. The average molecular weight is 391 g/mol. The van der Waals surface area contributed by atoms with Crippen LogP contribution in [0.25, 0.3) is 0 Å². The lowest BCUT2D eigenvalue weighted by molar-refractivity contribution is -0.144. The van der Waals surface area contributed by atoms with Gasteiger partial charge in [-0.15, -0.1) is 0 Å². The maximum atomic E-state index is 12.2. The zero-order valence-electron chi connectivity index (χ0n) is 11.9. The first-order chi connectivity index (χ1) is 10.5. The van der Waals surface area contributed by atoms with Crippen molar-refractivity contribution in [3.05, 3.63) is 33.3 Å². The first kappa shape index (κ1) is 17.2. The number of carbonyl (C=O) groups is 2. The largest absolute Gasteiger partial charge is 0.481 e. The van der Waals surface area contributed by atoms with Crippen molar-refractivity contribution < 1.29 is 19.4 Å². The molecule has 0 radical (unpaired) electrons. The Labute approximate surface area is 142 Å².